The minimum absolute atomic E-state index is 0.0901. The smallest absolute Gasteiger partial charge is 0.407 e. The maximum absolute atomic E-state index is 12.7. The van der Waals surface area contributed by atoms with Crippen molar-refractivity contribution in [3.8, 4) is 0 Å². The van der Waals surface area contributed by atoms with Crippen LogP contribution in [0.5, 0.6) is 0 Å². The predicted molar refractivity (Wildman–Crippen MR) is 156 cm³/mol. The number of ether oxygens (including phenoxy) is 1. The zero-order chi connectivity index (χ0) is 29.2. The van der Waals surface area contributed by atoms with Crippen molar-refractivity contribution in [2.24, 2.45) is 5.92 Å². The summed E-state index contributed by atoms with van der Waals surface area (Å²) in [5, 5.41) is 15.5. The summed E-state index contributed by atoms with van der Waals surface area (Å²) in [6, 6.07) is 9.10. The Morgan fingerprint density at radius 2 is 1.80 bits per heavy atom. The minimum atomic E-state index is -1.35. The number of likely N-dealkylation sites (tertiary alicyclic amines) is 1. The highest BCUT2D eigenvalue weighted by molar-refractivity contribution is 7.98. The summed E-state index contributed by atoms with van der Waals surface area (Å²) in [6.45, 7) is 0.194. The van der Waals surface area contributed by atoms with E-state index in [1.54, 1.807) is 41.3 Å². The summed E-state index contributed by atoms with van der Waals surface area (Å²) < 4.78 is 5.07. The fourth-order valence-electron chi connectivity index (χ4n) is 3.95. The summed E-state index contributed by atoms with van der Waals surface area (Å²) in [5.74, 6) is -2.48. The van der Waals surface area contributed by atoms with E-state index >= 15 is 0 Å². The van der Waals surface area contributed by atoms with Crippen LogP contribution >= 0.6 is 46.6 Å². The number of amides is 3. The maximum atomic E-state index is 12.7. The lowest BCUT2D eigenvalue weighted by molar-refractivity contribution is -0.142. The molecule has 0 aromatic heterocycles. The molecule has 3 rings (SSSR count). The Bertz CT molecular complexity index is 1280. The summed E-state index contributed by atoms with van der Waals surface area (Å²) in [5.41, 5.74) is 1.22. The lowest BCUT2D eigenvalue weighted by Crippen LogP contribution is -2.51. The molecule has 2 aromatic carbocycles. The molecule has 0 unspecified atom stereocenters. The zero-order valence-corrected chi connectivity index (χ0v) is 24.6. The summed E-state index contributed by atoms with van der Waals surface area (Å²) in [4.78, 5) is 51.5. The summed E-state index contributed by atoms with van der Waals surface area (Å²) in [7, 11) is 0. The molecule has 1 atom stereocenters. The van der Waals surface area contributed by atoms with Gasteiger partial charge in [-0.2, -0.15) is 0 Å². The van der Waals surface area contributed by atoms with E-state index in [2.05, 4.69) is 10.6 Å². The van der Waals surface area contributed by atoms with Crippen LogP contribution in [0.25, 0.3) is 6.08 Å². The second-order valence-corrected chi connectivity index (χ2v) is 10.9. The number of nitrogens with zero attached hydrogens (tertiary/aromatic N) is 1. The number of alkyl carbamates (subject to hydrolysis) is 1. The Balaban J connectivity index is 1.45. The number of benzene rings is 2. The average Bonchev–Trinajstić information content (AvgIpc) is 2.95. The monoisotopic (exact) mass is 627 g/mol. The molecule has 3 N–H and O–H groups in total. The van der Waals surface area contributed by atoms with E-state index in [-0.39, 0.29) is 19.1 Å². The number of piperidine rings is 1. The fourth-order valence-corrected chi connectivity index (χ4v) is 5.31. The van der Waals surface area contributed by atoms with E-state index in [1.165, 1.54) is 17.8 Å². The SMILES string of the molecule is CSc1ccc(C=CC(=O)N2CCC(C(=O)N[C@@H](CNC(=O)OCc3ccccc3Cl)C(=O)O)CC2)c(Cl)c1Cl. The Kier molecular flexibility index (Phi) is 12.0. The third-order valence-electron chi connectivity index (χ3n) is 6.26. The van der Waals surface area contributed by atoms with Gasteiger partial charge in [0.25, 0.3) is 0 Å². The summed E-state index contributed by atoms with van der Waals surface area (Å²) >= 11 is 20.1. The second kappa shape index (κ2) is 15.2. The van der Waals surface area contributed by atoms with E-state index in [0.29, 0.717) is 52.1 Å². The highest BCUT2D eigenvalue weighted by Crippen LogP contribution is 2.35. The number of rotatable bonds is 10. The molecular formula is C27H28Cl3N3O6S. The standard InChI is InChI=1S/C27H28Cl3N3O6S/c1-40-21-8-6-16(23(29)24(21)30)7-9-22(34)33-12-10-17(11-13-33)25(35)32-20(26(36)37)14-31-27(38)39-15-18-4-2-3-5-19(18)28/h2-9,17,20H,10-15H2,1H3,(H,31,38)(H,32,35)(H,36,37)/t20-/m0/s1. The van der Waals surface area contributed by atoms with E-state index in [0.717, 1.165) is 4.90 Å². The quantitative estimate of drug-likeness (QED) is 0.247. The van der Waals surface area contributed by atoms with Gasteiger partial charge in [-0.1, -0.05) is 59.1 Å². The molecule has 9 nitrogen and oxygen atoms in total. The van der Waals surface area contributed by atoms with Gasteiger partial charge in [0.05, 0.1) is 16.6 Å². The molecule has 1 heterocycles. The maximum Gasteiger partial charge on any atom is 0.407 e. The highest BCUT2D eigenvalue weighted by atomic mass is 35.5. The first-order valence-corrected chi connectivity index (χ1v) is 14.6. The number of carbonyl (C=O) groups excluding carboxylic acids is 3. The summed E-state index contributed by atoms with van der Waals surface area (Å²) in [6.07, 6.45) is 4.78. The number of thioether (sulfide) groups is 1. The fraction of sp³-hybridized carbons (Fsp3) is 0.333. The van der Waals surface area contributed by atoms with Crippen molar-refractivity contribution >= 4 is 76.5 Å². The molecule has 13 heteroatoms. The molecule has 0 spiro atoms. The van der Waals surface area contributed by atoms with Gasteiger partial charge in [0, 0.05) is 40.6 Å². The number of hydrogen-bond acceptors (Lipinski definition) is 6. The van der Waals surface area contributed by atoms with Crippen LogP contribution < -0.4 is 10.6 Å². The third kappa shape index (κ3) is 8.79. The lowest BCUT2D eigenvalue weighted by atomic mass is 9.95. The van der Waals surface area contributed by atoms with Crippen LogP contribution in [0.3, 0.4) is 0 Å². The lowest BCUT2D eigenvalue weighted by Gasteiger charge is -2.31. The number of nitrogens with one attached hydrogen (secondary N) is 2. The number of carboxylic acid groups (broad SMARTS) is 1. The van der Waals surface area contributed by atoms with Crippen LogP contribution in [0.1, 0.15) is 24.0 Å². The third-order valence-corrected chi connectivity index (χ3v) is 8.42. The van der Waals surface area contributed by atoms with Crippen LogP contribution in [0, 0.1) is 5.92 Å². The highest BCUT2D eigenvalue weighted by Gasteiger charge is 2.30. The largest absolute Gasteiger partial charge is 0.480 e. The van der Waals surface area contributed by atoms with Gasteiger partial charge < -0.3 is 25.4 Å². The van der Waals surface area contributed by atoms with Gasteiger partial charge in [-0.15, -0.1) is 11.8 Å². The Morgan fingerprint density at radius 3 is 2.45 bits per heavy atom. The molecule has 0 bridgehead atoms. The number of carbonyl (C=O) groups is 4. The van der Waals surface area contributed by atoms with Crippen molar-refractivity contribution < 1.29 is 29.0 Å². The Hall–Kier alpha value is -2.92. The van der Waals surface area contributed by atoms with Gasteiger partial charge in [-0.05, 0) is 42.9 Å². The molecule has 0 radical (unpaired) electrons. The van der Waals surface area contributed by atoms with Crippen molar-refractivity contribution in [1.29, 1.82) is 0 Å². The second-order valence-electron chi connectivity index (χ2n) is 8.87. The van der Waals surface area contributed by atoms with Crippen LogP contribution in [-0.4, -0.2) is 65.8 Å². The van der Waals surface area contributed by atoms with Crippen LogP contribution in [0.15, 0.2) is 47.4 Å². The van der Waals surface area contributed by atoms with E-state index in [9.17, 15) is 24.3 Å². The zero-order valence-electron chi connectivity index (χ0n) is 21.5. The van der Waals surface area contributed by atoms with Gasteiger partial charge >= 0.3 is 12.1 Å². The van der Waals surface area contributed by atoms with Gasteiger partial charge in [0.15, 0.2) is 0 Å². The number of halogens is 3. The molecule has 2 aromatic rings. The van der Waals surface area contributed by atoms with E-state index in [1.807, 2.05) is 12.3 Å². The Morgan fingerprint density at radius 1 is 1.10 bits per heavy atom. The molecule has 1 aliphatic rings. The first-order chi connectivity index (χ1) is 19.1. The van der Waals surface area contributed by atoms with E-state index in [4.69, 9.17) is 39.5 Å². The van der Waals surface area contributed by atoms with E-state index < -0.39 is 29.9 Å². The van der Waals surface area contributed by atoms with Crippen molar-refractivity contribution in [1.82, 2.24) is 15.5 Å². The predicted octanol–water partition coefficient (Wildman–Crippen LogP) is 5.12. The van der Waals surface area contributed by atoms with Crippen molar-refractivity contribution in [2.45, 2.75) is 30.4 Å². The van der Waals surface area contributed by atoms with Gasteiger partial charge in [-0.3, -0.25) is 9.59 Å². The van der Waals surface area contributed by atoms with Crippen molar-refractivity contribution in [3.05, 3.63) is 68.7 Å². The molecule has 0 aliphatic carbocycles. The molecule has 214 valence electrons. The molecule has 1 aliphatic heterocycles. The molecule has 3 amide bonds. The number of carboxylic acids is 1. The van der Waals surface area contributed by atoms with Gasteiger partial charge in [0.2, 0.25) is 11.8 Å². The van der Waals surface area contributed by atoms with Crippen LogP contribution in [-0.2, 0) is 25.7 Å². The minimum Gasteiger partial charge on any atom is -0.480 e. The van der Waals surface area contributed by atoms with Crippen molar-refractivity contribution in [2.75, 3.05) is 25.9 Å². The van der Waals surface area contributed by atoms with Gasteiger partial charge in [0.1, 0.15) is 12.6 Å². The molecule has 1 fully saturated rings. The molecule has 1 saturated heterocycles. The molecule has 0 saturated carbocycles. The number of aliphatic carboxylic acids is 1. The van der Waals surface area contributed by atoms with Crippen molar-refractivity contribution in [3.63, 3.8) is 0 Å². The van der Waals surface area contributed by atoms with Crippen LogP contribution in [0.4, 0.5) is 4.79 Å². The topological polar surface area (TPSA) is 125 Å². The van der Waals surface area contributed by atoms with Gasteiger partial charge in [-0.25, -0.2) is 9.59 Å². The average molecular weight is 629 g/mol. The Labute approximate surface area is 251 Å². The number of hydrogen-bond donors (Lipinski definition) is 3. The normalized spacial score (nSPS) is 14.6. The molecular weight excluding hydrogens is 601 g/mol. The van der Waals surface area contributed by atoms with Crippen LogP contribution in [0.2, 0.25) is 15.1 Å². The first kappa shape index (κ1) is 31.6. The molecule has 40 heavy (non-hydrogen) atoms. The first-order valence-electron chi connectivity index (χ1n) is 12.3.